The van der Waals surface area contributed by atoms with Crippen LogP contribution in [0.15, 0.2) is 12.1 Å². The van der Waals surface area contributed by atoms with E-state index in [2.05, 4.69) is 0 Å². The van der Waals surface area contributed by atoms with Crippen LogP contribution in [0, 0.1) is 0 Å². The van der Waals surface area contributed by atoms with Crippen molar-refractivity contribution in [3.05, 3.63) is 23.3 Å². The molecule has 0 spiro atoms. The van der Waals surface area contributed by atoms with Gasteiger partial charge in [-0.05, 0) is 38.7 Å². The van der Waals surface area contributed by atoms with Crippen molar-refractivity contribution < 1.29 is 29.2 Å². The molecule has 0 radical (unpaired) electrons. The fourth-order valence-electron chi connectivity index (χ4n) is 4.44. The first-order chi connectivity index (χ1) is 13.9. The molecular formula is C23H34O6. The van der Waals surface area contributed by atoms with Gasteiger partial charge in [0.15, 0.2) is 5.79 Å². The van der Waals surface area contributed by atoms with E-state index in [0.717, 1.165) is 69.8 Å². The van der Waals surface area contributed by atoms with E-state index in [1.807, 2.05) is 6.92 Å². The van der Waals surface area contributed by atoms with Crippen LogP contribution in [0.25, 0.3) is 0 Å². The number of aromatic hydroxyl groups is 1. The van der Waals surface area contributed by atoms with E-state index < -0.39 is 5.79 Å². The molecule has 162 valence electrons. The Morgan fingerprint density at radius 1 is 1.14 bits per heavy atom. The number of aliphatic hydroxyl groups is 1. The Morgan fingerprint density at radius 3 is 2.48 bits per heavy atom. The number of hydrogen-bond acceptors (Lipinski definition) is 6. The van der Waals surface area contributed by atoms with E-state index in [0.29, 0.717) is 11.3 Å². The molecule has 0 aliphatic carbocycles. The number of phenols is 1. The maximum Gasteiger partial charge on any atom is 0.342 e. The Kier molecular flexibility index (Phi) is 7.41. The highest BCUT2D eigenvalue weighted by Crippen LogP contribution is 2.41. The van der Waals surface area contributed by atoms with Crippen molar-refractivity contribution in [2.45, 2.75) is 95.5 Å². The second-order valence-electron chi connectivity index (χ2n) is 8.43. The smallest absolute Gasteiger partial charge is 0.342 e. The Hall–Kier alpha value is -1.79. The highest BCUT2D eigenvalue weighted by Gasteiger charge is 2.36. The molecule has 1 aromatic rings. The molecule has 3 atom stereocenters. The van der Waals surface area contributed by atoms with Crippen LogP contribution >= 0.6 is 0 Å². The molecule has 0 aromatic heterocycles. The average Bonchev–Trinajstić information content (AvgIpc) is 3.18. The van der Waals surface area contributed by atoms with Crippen molar-refractivity contribution in [3.8, 4) is 11.5 Å². The first-order valence-corrected chi connectivity index (χ1v) is 10.9. The SMILES string of the molecule is COc1cc(O)cc2c1C(=O)OC2CCCCCCCCCC1(O)CCC(C)O1. The summed E-state index contributed by atoms with van der Waals surface area (Å²) < 4.78 is 16.3. The molecule has 29 heavy (non-hydrogen) atoms. The fraction of sp³-hybridized carbons (Fsp3) is 0.696. The van der Waals surface area contributed by atoms with E-state index in [1.165, 1.54) is 19.6 Å². The summed E-state index contributed by atoms with van der Waals surface area (Å²) in [7, 11) is 1.48. The quantitative estimate of drug-likeness (QED) is 0.397. The van der Waals surface area contributed by atoms with Crippen LogP contribution in [0.4, 0.5) is 0 Å². The van der Waals surface area contributed by atoms with E-state index in [4.69, 9.17) is 14.2 Å². The van der Waals surface area contributed by atoms with Gasteiger partial charge in [0, 0.05) is 24.5 Å². The minimum atomic E-state index is -0.883. The molecule has 0 saturated carbocycles. The van der Waals surface area contributed by atoms with Gasteiger partial charge in [0.25, 0.3) is 0 Å². The largest absolute Gasteiger partial charge is 0.508 e. The van der Waals surface area contributed by atoms with Crippen LogP contribution in [-0.4, -0.2) is 35.2 Å². The van der Waals surface area contributed by atoms with Gasteiger partial charge in [0.2, 0.25) is 0 Å². The standard InChI is InChI=1S/C23H34O6/c1-16-11-13-23(26,29-16)12-9-7-5-3-4-6-8-10-19-18-14-17(24)15-20(27-2)21(18)22(25)28-19/h14-16,19,24,26H,3-13H2,1-2H3. The lowest BCUT2D eigenvalue weighted by Crippen LogP contribution is -2.27. The molecule has 6 heteroatoms. The summed E-state index contributed by atoms with van der Waals surface area (Å²) in [5, 5.41) is 20.1. The Balaban J connectivity index is 1.29. The average molecular weight is 407 g/mol. The summed E-state index contributed by atoms with van der Waals surface area (Å²) in [6.45, 7) is 2.02. The first kappa shape index (κ1) is 21.9. The molecule has 0 amide bonds. The molecule has 2 aliphatic heterocycles. The number of rotatable bonds is 11. The molecule has 1 saturated heterocycles. The summed E-state index contributed by atoms with van der Waals surface area (Å²) in [6, 6.07) is 3.05. The lowest BCUT2D eigenvalue weighted by Gasteiger charge is -2.22. The molecule has 2 aliphatic rings. The number of methoxy groups -OCH3 is 1. The van der Waals surface area contributed by atoms with Crippen LogP contribution in [-0.2, 0) is 9.47 Å². The summed E-state index contributed by atoms with van der Waals surface area (Å²) >= 11 is 0. The fourth-order valence-corrected chi connectivity index (χ4v) is 4.44. The molecule has 2 heterocycles. The number of benzene rings is 1. The van der Waals surface area contributed by atoms with Gasteiger partial charge in [-0.1, -0.05) is 32.1 Å². The zero-order chi connectivity index (χ0) is 20.9. The van der Waals surface area contributed by atoms with Gasteiger partial charge in [0.1, 0.15) is 23.2 Å². The van der Waals surface area contributed by atoms with Crippen molar-refractivity contribution >= 4 is 5.97 Å². The summed E-state index contributed by atoms with van der Waals surface area (Å²) in [5.74, 6) is -0.796. The molecular weight excluding hydrogens is 372 g/mol. The molecule has 3 unspecified atom stereocenters. The summed E-state index contributed by atoms with van der Waals surface area (Å²) in [5.41, 5.74) is 1.17. The predicted molar refractivity (Wildman–Crippen MR) is 109 cm³/mol. The zero-order valence-electron chi connectivity index (χ0n) is 17.6. The Labute approximate surface area is 173 Å². The van der Waals surface area contributed by atoms with Gasteiger partial charge in [-0.3, -0.25) is 0 Å². The number of esters is 1. The number of carbonyl (C=O) groups excluding carboxylic acids is 1. The highest BCUT2D eigenvalue weighted by atomic mass is 16.6. The third-order valence-corrected chi connectivity index (χ3v) is 6.03. The number of fused-ring (bicyclic) bond motifs is 1. The first-order valence-electron chi connectivity index (χ1n) is 10.9. The molecule has 0 bridgehead atoms. The molecule has 1 fully saturated rings. The monoisotopic (exact) mass is 406 g/mol. The second kappa shape index (κ2) is 9.81. The number of carbonyl (C=O) groups is 1. The number of cyclic esters (lactones) is 1. The van der Waals surface area contributed by atoms with E-state index in [9.17, 15) is 15.0 Å². The van der Waals surface area contributed by atoms with Gasteiger partial charge >= 0.3 is 5.97 Å². The summed E-state index contributed by atoms with van der Waals surface area (Å²) in [4.78, 5) is 12.1. The maximum atomic E-state index is 12.1. The molecule has 3 rings (SSSR count). The van der Waals surface area contributed by atoms with Gasteiger partial charge in [-0.25, -0.2) is 4.79 Å². The minimum absolute atomic E-state index is 0.0889. The van der Waals surface area contributed by atoms with Crippen LogP contribution in [0.5, 0.6) is 11.5 Å². The van der Waals surface area contributed by atoms with E-state index >= 15 is 0 Å². The van der Waals surface area contributed by atoms with Crippen LogP contribution in [0.1, 0.15) is 99.6 Å². The van der Waals surface area contributed by atoms with Gasteiger partial charge in [-0.2, -0.15) is 0 Å². The van der Waals surface area contributed by atoms with Crippen LogP contribution in [0.2, 0.25) is 0 Å². The van der Waals surface area contributed by atoms with Gasteiger partial charge in [-0.15, -0.1) is 0 Å². The number of unbranched alkanes of at least 4 members (excludes halogenated alkanes) is 6. The van der Waals surface area contributed by atoms with Gasteiger partial charge < -0.3 is 24.4 Å². The topological polar surface area (TPSA) is 85.2 Å². The highest BCUT2D eigenvalue weighted by molar-refractivity contribution is 5.97. The Morgan fingerprint density at radius 2 is 1.83 bits per heavy atom. The third-order valence-electron chi connectivity index (χ3n) is 6.03. The number of hydrogen-bond donors (Lipinski definition) is 2. The van der Waals surface area contributed by atoms with E-state index in [-0.39, 0.29) is 23.9 Å². The molecule has 6 nitrogen and oxygen atoms in total. The lowest BCUT2D eigenvalue weighted by molar-refractivity contribution is -0.193. The normalized spacial score (nSPS) is 25.8. The number of phenolic OH excluding ortho intramolecular Hbond substituents is 1. The van der Waals surface area contributed by atoms with Crippen molar-refractivity contribution in [1.82, 2.24) is 0 Å². The van der Waals surface area contributed by atoms with Crippen LogP contribution < -0.4 is 4.74 Å². The minimum Gasteiger partial charge on any atom is -0.508 e. The Bertz CT molecular complexity index is 703. The zero-order valence-corrected chi connectivity index (χ0v) is 17.6. The van der Waals surface area contributed by atoms with Crippen molar-refractivity contribution in [3.63, 3.8) is 0 Å². The van der Waals surface area contributed by atoms with Crippen LogP contribution in [0.3, 0.4) is 0 Å². The lowest BCUT2D eigenvalue weighted by atomic mass is 9.98. The van der Waals surface area contributed by atoms with Crippen molar-refractivity contribution in [1.29, 1.82) is 0 Å². The number of ether oxygens (including phenoxy) is 3. The third kappa shape index (κ3) is 5.64. The van der Waals surface area contributed by atoms with Crippen molar-refractivity contribution in [2.24, 2.45) is 0 Å². The van der Waals surface area contributed by atoms with Gasteiger partial charge in [0.05, 0.1) is 13.2 Å². The second-order valence-corrected chi connectivity index (χ2v) is 8.43. The molecule has 2 N–H and O–H groups in total. The summed E-state index contributed by atoms with van der Waals surface area (Å²) in [6.07, 6.45) is 10.7. The maximum absolute atomic E-state index is 12.1. The predicted octanol–water partition coefficient (Wildman–Crippen LogP) is 5.01. The van der Waals surface area contributed by atoms with Crippen molar-refractivity contribution in [2.75, 3.05) is 7.11 Å². The van der Waals surface area contributed by atoms with E-state index in [1.54, 1.807) is 6.07 Å². The molecule has 1 aromatic carbocycles.